The van der Waals surface area contributed by atoms with Crippen molar-refractivity contribution in [2.75, 3.05) is 6.61 Å². The van der Waals surface area contributed by atoms with E-state index in [1.165, 1.54) is 0 Å². The van der Waals surface area contributed by atoms with Gasteiger partial charge in [-0.2, -0.15) is 0 Å². The summed E-state index contributed by atoms with van der Waals surface area (Å²) in [6, 6.07) is 5.37. The number of rotatable bonds is 4. The molecule has 5 nitrogen and oxygen atoms in total. The molecular formula is C9H13N3O2. The zero-order valence-electron chi connectivity index (χ0n) is 7.97. The molecule has 0 aliphatic rings. The summed E-state index contributed by atoms with van der Waals surface area (Å²) >= 11 is 0. The van der Waals surface area contributed by atoms with E-state index < -0.39 is 0 Å². The van der Waals surface area contributed by atoms with Crippen molar-refractivity contribution >= 4 is 5.84 Å². The van der Waals surface area contributed by atoms with Crippen molar-refractivity contribution < 1.29 is 9.94 Å². The third kappa shape index (κ3) is 2.93. The van der Waals surface area contributed by atoms with Gasteiger partial charge >= 0.3 is 0 Å². The molecule has 0 radical (unpaired) electrons. The van der Waals surface area contributed by atoms with Gasteiger partial charge in [0.2, 0.25) is 5.88 Å². The number of oxime groups is 1. The van der Waals surface area contributed by atoms with Crippen LogP contribution in [0.1, 0.15) is 12.6 Å². The van der Waals surface area contributed by atoms with E-state index in [-0.39, 0.29) is 5.84 Å². The number of hydrogen-bond acceptors (Lipinski definition) is 4. The fourth-order valence-electron chi connectivity index (χ4n) is 1.01. The molecule has 0 spiro atoms. The second-order valence-corrected chi connectivity index (χ2v) is 2.67. The van der Waals surface area contributed by atoms with E-state index in [9.17, 15) is 0 Å². The predicted octanol–water partition coefficient (Wildman–Crippen LogP) is 0.769. The Balaban J connectivity index is 2.73. The maximum absolute atomic E-state index is 8.37. The van der Waals surface area contributed by atoms with Crippen molar-refractivity contribution in [1.29, 1.82) is 0 Å². The quantitative estimate of drug-likeness (QED) is 0.322. The lowest BCUT2D eigenvalue weighted by Crippen LogP contribution is -2.15. The second kappa shape index (κ2) is 5.06. The minimum Gasteiger partial charge on any atom is -0.478 e. The molecule has 0 aromatic carbocycles. The lowest BCUT2D eigenvalue weighted by Gasteiger charge is -2.03. The van der Waals surface area contributed by atoms with Gasteiger partial charge in [-0.25, -0.2) is 4.98 Å². The van der Waals surface area contributed by atoms with Crippen LogP contribution >= 0.6 is 0 Å². The Morgan fingerprint density at radius 2 is 2.43 bits per heavy atom. The Labute approximate surface area is 82.2 Å². The summed E-state index contributed by atoms with van der Waals surface area (Å²) in [6.07, 6.45) is 0.317. The van der Waals surface area contributed by atoms with E-state index in [1.807, 2.05) is 13.0 Å². The molecule has 0 unspecified atom stereocenters. The average molecular weight is 195 g/mol. The number of hydrogen-bond donors (Lipinski definition) is 2. The predicted molar refractivity (Wildman–Crippen MR) is 52.5 cm³/mol. The summed E-state index contributed by atoms with van der Waals surface area (Å²) in [5, 5.41) is 11.2. The highest BCUT2D eigenvalue weighted by Crippen LogP contribution is 2.07. The van der Waals surface area contributed by atoms with Crippen LogP contribution in [0, 0.1) is 0 Å². The highest BCUT2D eigenvalue weighted by molar-refractivity contribution is 5.81. The number of ether oxygens (including phenoxy) is 1. The number of nitrogens with zero attached hydrogens (tertiary/aromatic N) is 2. The molecule has 3 N–H and O–H groups in total. The van der Waals surface area contributed by atoms with Gasteiger partial charge in [0, 0.05) is 6.07 Å². The maximum Gasteiger partial charge on any atom is 0.213 e. The molecule has 0 aliphatic heterocycles. The van der Waals surface area contributed by atoms with E-state index in [4.69, 9.17) is 15.7 Å². The molecule has 0 amide bonds. The van der Waals surface area contributed by atoms with E-state index >= 15 is 0 Å². The van der Waals surface area contributed by atoms with E-state index in [1.54, 1.807) is 12.1 Å². The Morgan fingerprint density at radius 1 is 1.64 bits per heavy atom. The molecule has 1 rings (SSSR count). The first kappa shape index (κ1) is 10.3. The van der Waals surface area contributed by atoms with Crippen LogP contribution < -0.4 is 10.5 Å². The minimum absolute atomic E-state index is 0.131. The molecule has 1 heterocycles. The summed E-state index contributed by atoms with van der Waals surface area (Å²) in [6.45, 7) is 2.46. The SMILES string of the molecule is CCOc1cccc(C/C(N)=N/O)n1. The van der Waals surface area contributed by atoms with Gasteiger partial charge in [-0.15, -0.1) is 0 Å². The van der Waals surface area contributed by atoms with E-state index in [0.717, 1.165) is 0 Å². The summed E-state index contributed by atoms with van der Waals surface area (Å²) in [4.78, 5) is 4.16. The number of amidine groups is 1. The highest BCUT2D eigenvalue weighted by Gasteiger charge is 2.00. The van der Waals surface area contributed by atoms with Crippen molar-refractivity contribution in [3.63, 3.8) is 0 Å². The van der Waals surface area contributed by atoms with Crippen LogP contribution in [0.25, 0.3) is 0 Å². The first-order valence-corrected chi connectivity index (χ1v) is 4.31. The van der Waals surface area contributed by atoms with Gasteiger partial charge in [0.05, 0.1) is 18.7 Å². The van der Waals surface area contributed by atoms with Crippen LogP contribution in [0.2, 0.25) is 0 Å². The van der Waals surface area contributed by atoms with Gasteiger partial charge in [-0.05, 0) is 13.0 Å². The second-order valence-electron chi connectivity index (χ2n) is 2.67. The average Bonchev–Trinajstić information content (AvgIpc) is 2.19. The molecule has 1 aromatic heterocycles. The Hall–Kier alpha value is -1.78. The van der Waals surface area contributed by atoms with Gasteiger partial charge in [0.1, 0.15) is 5.84 Å². The summed E-state index contributed by atoms with van der Waals surface area (Å²) < 4.78 is 5.21. The maximum atomic E-state index is 8.37. The molecule has 0 saturated heterocycles. The van der Waals surface area contributed by atoms with Gasteiger partial charge in [0.25, 0.3) is 0 Å². The van der Waals surface area contributed by atoms with Crippen LogP contribution in [0.15, 0.2) is 23.4 Å². The molecule has 1 aromatic rings. The summed E-state index contributed by atoms with van der Waals surface area (Å²) in [5.41, 5.74) is 6.06. The summed E-state index contributed by atoms with van der Waals surface area (Å²) in [7, 11) is 0. The van der Waals surface area contributed by atoms with Gasteiger partial charge in [-0.3, -0.25) is 0 Å². The molecular weight excluding hydrogens is 182 g/mol. The zero-order chi connectivity index (χ0) is 10.4. The molecule has 14 heavy (non-hydrogen) atoms. The summed E-state index contributed by atoms with van der Waals surface area (Å²) in [5.74, 6) is 0.682. The molecule has 5 heteroatoms. The lowest BCUT2D eigenvalue weighted by atomic mass is 10.2. The number of aromatic nitrogens is 1. The van der Waals surface area contributed by atoms with Crippen molar-refractivity contribution in [1.82, 2.24) is 4.98 Å². The number of pyridine rings is 1. The van der Waals surface area contributed by atoms with Crippen LogP contribution in [0.5, 0.6) is 5.88 Å². The third-order valence-electron chi connectivity index (χ3n) is 1.56. The normalized spacial score (nSPS) is 11.4. The fraction of sp³-hybridized carbons (Fsp3) is 0.333. The topological polar surface area (TPSA) is 80.7 Å². The van der Waals surface area contributed by atoms with Crippen molar-refractivity contribution in [2.45, 2.75) is 13.3 Å². The molecule has 0 bridgehead atoms. The Bertz CT molecular complexity index is 326. The largest absolute Gasteiger partial charge is 0.478 e. The van der Waals surface area contributed by atoms with Crippen LogP contribution in [-0.2, 0) is 6.42 Å². The van der Waals surface area contributed by atoms with Gasteiger partial charge in [0.15, 0.2) is 0 Å². The molecule has 0 saturated carbocycles. The van der Waals surface area contributed by atoms with E-state index in [0.29, 0.717) is 24.6 Å². The van der Waals surface area contributed by atoms with Gasteiger partial charge < -0.3 is 15.7 Å². The smallest absolute Gasteiger partial charge is 0.213 e. The van der Waals surface area contributed by atoms with E-state index in [2.05, 4.69) is 10.1 Å². The van der Waals surface area contributed by atoms with Crippen molar-refractivity contribution in [3.05, 3.63) is 23.9 Å². The first-order valence-electron chi connectivity index (χ1n) is 4.31. The molecule has 0 fully saturated rings. The zero-order valence-corrected chi connectivity index (χ0v) is 7.97. The van der Waals surface area contributed by atoms with Crippen LogP contribution in [0.4, 0.5) is 0 Å². The fourth-order valence-corrected chi connectivity index (χ4v) is 1.01. The Kier molecular flexibility index (Phi) is 3.72. The van der Waals surface area contributed by atoms with Crippen LogP contribution in [-0.4, -0.2) is 22.6 Å². The highest BCUT2D eigenvalue weighted by atomic mass is 16.5. The first-order chi connectivity index (χ1) is 6.76. The molecule has 0 atom stereocenters. The van der Waals surface area contributed by atoms with Crippen molar-refractivity contribution in [3.8, 4) is 5.88 Å². The monoisotopic (exact) mass is 195 g/mol. The minimum atomic E-state index is 0.131. The van der Waals surface area contributed by atoms with Crippen molar-refractivity contribution in [2.24, 2.45) is 10.9 Å². The Morgan fingerprint density at radius 3 is 3.07 bits per heavy atom. The lowest BCUT2D eigenvalue weighted by molar-refractivity contribution is 0.316. The molecule has 0 aliphatic carbocycles. The number of nitrogens with two attached hydrogens (primary N) is 1. The third-order valence-corrected chi connectivity index (χ3v) is 1.56. The van der Waals surface area contributed by atoms with Gasteiger partial charge in [-0.1, -0.05) is 11.2 Å². The van der Waals surface area contributed by atoms with Crippen LogP contribution in [0.3, 0.4) is 0 Å². The standard InChI is InChI=1S/C9H13N3O2/c1-2-14-9-5-3-4-7(11-9)6-8(10)12-13/h3-5,13H,2,6H2,1H3,(H2,10,12). The molecule has 76 valence electrons.